The number of amides is 1. The molecule has 0 fully saturated rings. The molecule has 33 heavy (non-hydrogen) atoms. The molecule has 0 radical (unpaired) electrons. The molecular formula is C28H30N2O3. The van der Waals surface area contributed by atoms with E-state index in [2.05, 4.69) is 5.32 Å². The second-order valence-corrected chi connectivity index (χ2v) is 8.61. The highest BCUT2D eigenvalue weighted by Gasteiger charge is 2.16. The number of hydrogen-bond acceptors (Lipinski definition) is 4. The Morgan fingerprint density at radius 2 is 1.45 bits per heavy atom. The fourth-order valence-corrected chi connectivity index (χ4v) is 4.38. The van der Waals surface area contributed by atoms with Crippen molar-refractivity contribution in [3.8, 4) is 0 Å². The molecular weight excluding hydrogens is 412 g/mol. The molecule has 0 atom stereocenters. The van der Waals surface area contributed by atoms with Gasteiger partial charge in [0.1, 0.15) is 0 Å². The first kappa shape index (κ1) is 22.6. The number of nitrogens with two attached hydrogens (primary N) is 1. The molecule has 0 unspecified atom stereocenters. The van der Waals surface area contributed by atoms with E-state index >= 15 is 0 Å². The van der Waals surface area contributed by atoms with E-state index in [4.69, 9.17) is 10.5 Å². The molecule has 5 heteroatoms. The van der Waals surface area contributed by atoms with Crippen molar-refractivity contribution < 1.29 is 14.3 Å². The van der Waals surface area contributed by atoms with Gasteiger partial charge in [0.2, 0.25) is 0 Å². The van der Waals surface area contributed by atoms with Gasteiger partial charge in [-0.3, -0.25) is 4.79 Å². The summed E-state index contributed by atoms with van der Waals surface area (Å²) in [5.41, 5.74) is 13.5. The molecule has 0 aromatic heterocycles. The van der Waals surface area contributed by atoms with E-state index in [1.54, 1.807) is 12.1 Å². The highest BCUT2D eigenvalue weighted by Crippen LogP contribution is 2.27. The summed E-state index contributed by atoms with van der Waals surface area (Å²) in [5, 5.41) is 2.98. The van der Waals surface area contributed by atoms with Gasteiger partial charge in [0.25, 0.3) is 5.91 Å². The van der Waals surface area contributed by atoms with Crippen molar-refractivity contribution in [1.82, 2.24) is 0 Å². The van der Waals surface area contributed by atoms with Crippen LogP contribution in [0.5, 0.6) is 0 Å². The van der Waals surface area contributed by atoms with E-state index in [-0.39, 0.29) is 11.9 Å². The smallest absolute Gasteiger partial charge is 0.337 e. The number of aryl methyl sites for hydroxylation is 4. The van der Waals surface area contributed by atoms with Crippen LogP contribution < -0.4 is 11.1 Å². The summed E-state index contributed by atoms with van der Waals surface area (Å²) in [4.78, 5) is 24.3. The average Bonchev–Trinajstić information content (AvgIpc) is 2.84. The van der Waals surface area contributed by atoms with Crippen molar-refractivity contribution in [3.63, 3.8) is 0 Å². The SMILES string of the molecule is COC(=O)c1ccc(CCCc2ccc(NC(=O)c3cc4c(cc3N)CCCC4)cc2)cc1. The van der Waals surface area contributed by atoms with Crippen LogP contribution in [-0.2, 0) is 30.4 Å². The molecule has 3 N–H and O–H groups in total. The fourth-order valence-electron chi connectivity index (χ4n) is 4.38. The number of anilines is 2. The molecule has 1 amide bonds. The fraction of sp³-hybridized carbons (Fsp3) is 0.286. The largest absolute Gasteiger partial charge is 0.465 e. The first-order chi connectivity index (χ1) is 16.0. The lowest BCUT2D eigenvalue weighted by atomic mass is 9.89. The van der Waals surface area contributed by atoms with Gasteiger partial charge < -0.3 is 15.8 Å². The second kappa shape index (κ2) is 10.3. The van der Waals surface area contributed by atoms with Gasteiger partial charge in [-0.2, -0.15) is 0 Å². The van der Waals surface area contributed by atoms with Crippen molar-refractivity contribution in [2.24, 2.45) is 0 Å². The number of ether oxygens (including phenoxy) is 1. The number of nitrogen functional groups attached to an aromatic ring is 1. The van der Waals surface area contributed by atoms with Crippen LogP contribution >= 0.6 is 0 Å². The summed E-state index contributed by atoms with van der Waals surface area (Å²) in [6.45, 7) is 0. The standard InChI is InChI=1S/C28H30N2O3/c1-33-28(32)21-13-9-19(10-14-21)5-4-6-20-11-15-24(16-12-20)30-27(31)25-17-22-7-2-3-8-23(22)18-26(25)29/h9-18H,2-8,29H2,1H3,(H,30,31). The van der Waals surface area contributed by atoms with E-state index in [1.807, 2.05) is 48.5 Å². The first-order valence-electron chi connectivity index (χ1n) is 11.5. The number of fused-ring (bicyclic) bond motifs is 1. The molecule has 0 saturated carbocycles. The summed E-state index contributed by atoms with van der Waals surface area (Å²) in [6, 6.07) is 19.4. The minimum Gasteiger partial charge on any atom is -0.465 e. The number of nitrogens with one attached hydrogen (secondary N) is 1. The predicted octanol–water partition coefficient (Wildman–Crippen LogP) is 5.36. The van der Waals surface area contributed by atoms with Crippen LogP contribution in [0.25, 0.3) is 0 Å². The first-order valence-corrected chi connectivity index (χ1v) is 11.5. The molecule has 0 heterocycles. The molecule has 0 spiro atoms. The van der Waals surface area contributed by atoms with Crippen molar-refractivity contribution in [2.45, 2.75) is 44.9 Å². The van der Waals surface area contributed by atoms with Gasteiger partial charge in [-0.15, -0.1) is 0 Å². The van der Waals surface area contributed by atoms with Crippen LogP contribution in [0, 0.1) is 0 Å². The monoisotopic (exact) mass is 442 g/mol. The highest BCUT2D eigenvalue weighted by atomic mass is 16.5. The van der Waals surface area contributed by atoms with Crippen molar-refractivity contribution in [1.29, 1.82) is 0 Å². The van der Waals surface area contributed by atoms with E-state index in [9.17, 15) is 9.59 Å². The lowest BCUT2D eigenvalue weighted by molar-refractivity contribution is 0.0600. The van der Waals surface area contributed by atoms with Gasteiger partial charge in [0.15, 0.2) is 0 Å². The van der Waals surface area contributed by atoms with Crippen LogP contribution in [0.15, 0.2) is 60.7 Å². The minimum atomic E-state index is -0.317. The third kappa shape index (κ3) is 5.61. The van der Waals surface area contributed by atoms with Gasteiger partial charge >= 0.3 is 5.97 Å². The van der Waals surface area contributed by atoms with Crippen LogP contribution in [-0.4, -0.2) is 19.0 Å². The van der Waals surface area contributed by atoms with Crippen molar-refractivity contribution in [2.75, 3.05) is 18.2 Å². The number of carbonyl (C=O) groups excluding carboxylic acids is 2. The quantitative estimate of drug-likeness (QED) is 0.381. The summed E-state index contributed by atoms with van der Waals surface area (Å²) < 4.78 is 4.73. The van der Waals surface area contributed by atoms with Gasteiger partial charge in [0.05, 0.1) is 18.2 Å². The Bertz CT molecular complexity index is 1140. The van der Waals surface area contributed by atoms with Crippen molar-refractivity contribution >= 4 is 23.3 Å². The normalized spacial score (nSPS) is 12.6. The minimum absolute atomic E-state index is 0.163. The maximum absolute atomic E-state index is 12.8. The molecule has 1 aliphatic rings. The number of benzene rings is 3. The molecule has 0 bridgehead atoms. The number of methoxy groups -OCH3 is 1. The number of rotatable bonds is 7. The topological polar surface area (TPSA) is 81.4 Å². The maximum atomic E-state index is 12.8. The van der Waals surface area contributed by atoms with Gasteiger partial charge in [-0.25, -0.2) is 4.79 Å². The zero-order valence-corrected chi connectivity index (χ0v) is 19.0. The Kier molecular flexibility index (Phi) is 7.08. The molecule has 4 rings (SSSR count). The maximum Gasteiger partial charge on any atom is 0.337 e. The van der Waals surface area contributed by atoms with E-state index in [0.717, 1.165) is 44.2 Å². The molecule has 3 aromatic carbocycles. The zero-order valence-electron chi connectivity index (χ0n) is 19.0. The van der Waals surface area contributed by atoms with Crippen molar-refractivity contribution in [3.05, 3.63) is 94.0 Å². The second-order valence-electron chi connectivity index (χ2n) is 8.61. The van der Waals surface area contributed by atoms with Crippen LogP contribution in [0.4, 0.5) is 11.4 Å². The zero-order chi connectivity index (χ0) is 23.2. The summed E-state index contributed by atoms with van der Waals surface area (Å²) in [5.74, 6) is -0.480. The Hall–Kier alpha value is -3.60. The van der Waals surface area contributed by atoms with Crippen LogP contribution in [0.3, 0.4) is 0 Å². The Morgan fingerprint density at radius 1 is 0.879 bits per heavy atom. The predicted molar refractivity (Wildman–Crippen MR) is 132 cm³/mol. The van der Waals surface area contributed by atoms with Gasteiger partial charge in [0, 0.05) is 11.4 Å². The Morgan fingerprint density at radius 3 is 2.06 bits per heavy atom. The van der Waals surface area contributed by atoms with Gasteiger partial charge in [-0.05, 0) is 104 Å². The highest BCUT2D eigenvalue weighted by molar-refractivity contribution is 6.08. The molecule has 170 valence electrons. The molecule has 5 nitrogen and oxygen atoms in total. The molecule has 1 aliphatic carbocycles. The third-order valence-corrected chi connectivity index (χ3v) is 6.28. The van der Waals surface area contributed by atoms with Crippen LogP contribution in [0.1, 0.15) is 62.2 Å². The lowest BCUT2D eigenvalue weighted by Crippen LogP contribution is -2.16. The van der Waals surface area contributed by atoms with E-state index in [0.29, 0.717) is 16.8 Å². The Labute approximate surface area is 195 Å². The Balaban J connectivity index is 1.30. The number of hydrogen-bond donors (Lipinski definition) is 2. The molecule has 0 saturated heterocycles. The summed E-state index contributed by atoms with van der Waals surface area (Å²) in [7, 11) is 1.39. The van der Waals surface area contributed by atoms with Gasteiger partial charge in [-0.1, -0.05) is 24.3 Å². The molecule has 3 aromatic rings. The van der Waals surface area contributed by atoms with Crippen LogP contribution in [0.2, 0.25) is 0 Å². The van der Waals surface area contributed by atoms with E-state index in [1.165, 1.54) is 35.8 Å². The summed E-state index contributed by atoms with van der Waals surface area (Å²) in [6.07, 6.45) is 7.27. The average molecular weight is 443 g/mol. The number of carbonyl (C=O) groups is 2. The summed E-state index contributed by atoms with van der Waals surface area (Å²) >= 11 is 0. The number of esters is 1. The third-order valence-electron chi connectivity index (χ3n) is 6.28. The lowest BCUT2D eigenvalue weighted by Gasteiger charge is -2.18. The molecule has 0 aliphatic heterocycles. The van der Waals surface area contributed by atoms with E-state index < -0.39 is 0 Å².